The highest BCUT2D eigenvalue weighted by atomic mass is 32.2. The highest BCUT2D eigenvalue weighted by molar-refractivity contribution is 8.16. The van der Waals surface area contributed by atoms with Gasteiger partial charge in [0.2, 0.25) is 0 Å². The topological polar surface area (TPSA) is 15.6 Å². The number of rotatable bonds is 1. The summed E-state index contributed by atoms with van der Waals surface area (Å²) in [6.07, 6.45) is 4.49. The SMILES string of the molecule is Fc1cccc(F)c1C1=CSC2=N[C@H]3CCCC[C@H]3N12. The molecule has 0 saturated heterocycles. The van der Waals surface area contributed by atoms with E-state index in [0.29, 0.717) is 11.7 Å². The molecule has 1 aliphatic carbocycles. The third-order valence-corrected chi connectivity index (χ3v) is 5.12. The lowest BCUT2D eigenvalue weighted by Gasteiger charge is -2.32. The molecule has 2 heterocycles. The Hall–Kier alpha value is -1.36. The van der Waals surface area contributed by atoms with Gasteiger partial charge in [0.1, 0.15) is 11.6 Å². The maximum absolute atomic E-state index is 14.0. The zero-order valence-corrected chi connectivity index (χ0v) is 11.7. The molecule has 1 aromatic rings. The van der Waals surface area contributed by atoms with Gasteiger partial charge in [-0.25, -0.2) is 8.78 Å². The second-order valence-electron chi connectivity index (χ2n) is 5.42. The fourth-order valence-corrected chi connectivity index (χ4v) is 4.34. The van der Waals surface area contributed by atoms with Crippen LogP contribution >= 0.6 is 11.8 Å². The van der Waals surface area contributed by atoms with E-state index in [0.717, 1.165) is 24.4 Å². The Morgan fingerprint density at radius 1 is 1.15 bits per heavy atom. The lowest BCUT2D eigenvalue weighted by atomic mass is 9.90. The Kier molecular flexibility index (Phi) is 2.84. The summed E-state index contributed by atoms with van der Waals surface area (Å²) in [6.45, 7) is 0. The highest BCUT2D eigenvalue weighted by Gasteiger charge is 2.43. The Morgan fingerprint density at radius 2 is 1.90 bits per heavy atom. The monoisotopic (exact) mass is 292 g/mol. The van der Waals surface area contributed by atoms with Crippen molar-refractivity contribution in [2.24, 2.45) is 4.99 Å². The first-order valence-electron chi connectivity index (χ1n) is 6.94. The van der Waals surface area contributed by atoms with Gasteiger partial charge in [-0.15, -0.1) is 0 Å². The molecule has 4 rings (SSSR count). The van der Waals surface area contributed by atoms with Gasteiger partial charge in [0.15, 0.2) is 5.17 Å². The third-order valence-electron chi connectivity index (χ3n) is 4.26. The van der Waals surface area contributed by atoms with Gasteiger partial charge < -0.3 is 4.90 Å². The molecule has 0 radical (unpaired) electrons. The van der Waals surface area contributed by atoms with Crippen LogP contribution in [0.15, 0.2) is 28.6 Å². The summed E-state index contributed by atoms with van der Waals surface area (Å²) in [5.41, 5.74) is 0.718. The smallest absolute Gasteiger partial charge is 0.168 e. The summed E-state index contributed by atoms with van der Waals surface area (Å²) in [4.78, 5) is 6.77. The second kappa shape index (κ2) is 4.58. The molecule has 0 spiro atoms. The van der Waals surface area contributed by atoms with Gasteiger partial charge in [-0.3, -0.25) is 4.99 Å². The van der Waals surface area contributed by atoms with E-state index in [1.54, 1.807) is 0 Å². The average molecular weight is 292 g/mol. The van der Waals surface area contributed by atoms with Gasteiger partial charge in [0.05, 0.1) is 23.3 Å². The quantitative estimate of drug-likeness (QED) is 0.777. The number of nitrogens with zero attached hydrogens (tertiary/aromatic N) is 2. The molecule has 5 heteroatoms. The molecule has 3 aliphatic rings. The van der Waals surface area contributed by atoms with Crippen molar-refractivity contribution in [3.05, 3.63) is 40.8 Å². The molecule has 0 amide bonds. The summed E-state index contributed by atoms with van der Waals surface area (Å²) < 4.78 is 28.1. The van der Waals surface area contributed by atoms with Crippen molar-refractivity contribution in [3.63, 3.8) is 0 Å². The van der Waals surface area contributed by atoms with E-state index in [9.17, 15) is 8.78 Å². The summed E-state index contributed by atoms with van der Waals surface area (Å²) in [6, 6.07) is 4.60. The van der Waals surface area contributed by atoms with Crippen molar-refractivity contribution in [2.75, 3.05) is 0 Å². The van der Waals surface area contributed by atoms with E-state index in [-0.39, 0.29) is 11.6 Å². The van der Waals surface area contributed by atoms with E-state index >= 15 is 0 Å². The molecular formula is C15H14F2N2S. The largest absolute Gasteiger partial charge is 0.314 e. The minimum absolute atomic E-state index is 0.0800. The van der Waals surface area contributed by atoms with Crippen LogP contribution in [0.2, 0.25) is 0 Å². The lowest BCUT2D eigenvalue weighted by molar-refractivity contribution is 0.304. The standard InChI is InChI=1S/C15H14F2N2S/c16-9-4-3-5-10(17)14(9)13-8-20-15-18-11-6-1-2-7-12(11)19(13)15/h3-5,8,11-12H,1-2,6-7H2/t11-,12+/m0/s1. The molecule has 2 nitrogen and oxygen atoms in total. The summed E-state index contributed by atoms with van der Waals surface area (Å²) in [5, 5.41) is 2.73. The predicted octanol–water partition coefficient (Wildman–Crippen LogP) is 3.99. The molecule has 20 heavy (non-hydrogen) atoms. The van der Waals surface area contributed by atoms with Crippen molar-refractivity contribution in [2.45, 2.75) is 37.8 Å². The molecule has 0 N–H and O–H groups in total. The number of thioether (sulfide) groups is 1. The first-order valence-corrected chi connectivity index (χ1v) is 7.82. The van der Waals surface area contributed by atoms with E-state index in [1.807, 2.05) is 5.41 Å². The van der Waals surface area contributed by atoms with Crippen molar-refractivity contribution >= 4 is 22.6 Å². The third kappa shape index (κ3) is 1.72. The van der Waals surface area contributed by atoms with E-state index in [1.165, 1.54) is 36.4 Å². The molecule has 0 bridgehead atoms. The first-order chi connectivity index (χ1) is 9.75. The number of hydrogen-bond donors (Lipinski definition) is 0. The van der Waals surface area contributed by atoms with E-state index in [4.69, 9.17) is 4.99 Å². The lowest BCUT2D eigenvalue weighted by Crippen LogP contribution is -2.38. The highest BCUT2D eigenvalue weighted by Crippen LogP contribution is 2.44. The molecule has 0 unspecified atom stereocenters. The Labute approximate surface area is 120 Å². The molecule has 2 aliphatic heterocycles. The number of hydrogen-bond acceptors (Lipinski definition) is 3. The molecule has 1 fully saturated rings. The van der Waals surface area contributed by atoms with Crippen LogP contribution in [0, 0.1) is 11.6 Å². The summed E-state index contributed by atoms with van der Waals surface area (Å²) >= 11 is 1.48. The number of fused-ring (bicyclic) bond motifs is 3. The van der Waals surface area contributed by atoms with Crippen molar-refractivity contribution in [1.82, 2.24) is 4.90 Å². The van der Waals surface area contributed by atoms with Crippen LogP contribution in [-0.4, -0.2) is 22.2 Å². The van der Waals surface area contributed by atoms with Gasteiger partial charge in [-0.1, -0.05) is 30.7 Å². The van der Waals surface area contributed by atoms with Crippen molar-refractivity contribution < 1.29 is 8.78 Å². The molecule has 1 aromatic carbocycles. The predicted molar refractivity (Wildman–Crippen MR) is 77.2 cm³/mol. The number of amidine groups is 1. The first kappa shape index (κ1) is 12.4. The summed E-state index contributed by atoms with van der Waals surface area (Å²) in [7, 11) is 0. The number of halogens is 2. The van der Waals surface area contributed by atoms with Crippen LogP contribution in [0.1, 0.15) is 31.2 Å². The average Bonchev–Trinajstić information content (AvgIpc) is 2.98. The van der Waals surface area contributed by atoms with Gasteiger partial charge in [0, 0.05) is 5.41 Å². The fraction of sp³-hybridized carbons (Fsp3) is 0.400. The zero-order chi connectivity index (χ0) is 13.7. The van der Waals surface area contributed by atoms with Gasteiger partial charge in [-0.2, -0.15) is 0 Å². The minimum atomic E-state index is -0.502. The van der Waals surface area contributed by atoms with Crippen LogP contribution in [0.4, 0.5) is 8.78 Å². The maximum atomic E-state index is 14.0. The van der Waals surface area contributed by atoms with Crippen LogP contribution in [0.25, 0.3) is 5.70 Å². The van der Waals surface area contributed by atoms with E-state index in [2.05, 4.69) is 4.90 Å². The minimum Gasteiger partial charge on any atom is -0.314 e. The molecular weight excluding hydrogens is 278 g/mol. The Morgan fingerprint density at radius 3 is 2.70 bits per heavy atom. The molecule has 0 aromatic heterocycles. The van der Waals surface area contributed by atoms with Crippen molar-refractivity contribution in [3.8, 4) is 0 Å². The van der Waals surface area contributed by atoms with Gasteiger partial charge in [-0.05, 0) is 25.0 Å². The maximum Gasteiger partial charge on any atom is 0.168 e. The Balaban J connectivity index is 1.76. The van der Waals surface area contributed by atoms with Gasteiger partial charge >= 0.3 is 0 Å². The zero-order valence-electron chi connectivity index (χ0n) is 10.9. The molecule has 1 saturated carbocycles. The number of aliphatic imine (C=N–C) groups is 1. The normalized spacial score (nSPS) is 28.0. The summed E-state index contributed by atoms with van der Waals surface area (Å²) in [5.74, 6) is -1.00. The molecule has 104 valence electrons. The van der Waals surface area contributed by atoms with Crippen LogP contribution in [-0.2, 0) is 0 Å². The van der Waals surface area contributed by atoms with E-state index < -0.39 is 11.6 Å². The second-order valence-corrected chi connectivity index (χ2v) is 6.25. The fourth-order valence-electron chi connectivity index (χ4n) is 3.35. The van der Waals surface area contributed by atoms with Crippen LogP contribution in [0.5, 0.6) is 0 Å². The number of benzene rings is 1. The van der Waals surface area contributed by atoms with Crippen LogP contribution < -0.4 is 0 Å². The van der Waals surface area contributed by atoms with Crippen LogP contribution in [0.3, 0.4) is 0 Å². The van der Waals surface area contributed by atoms with Gasteiger partial charge in [0.25, 0.3) is 0 Å². The van der Waals surface area contributed by atoms with Crippen molar-refractivity contribution in [1.29, 1.82) is 0 Å². The molecule has 2 atom stereocenters. The Bertz CT molecular complexity index is 606.